The fourth-order valence-corrected chi connectivity index (χ4v) is 2.30. The van der Waals surface area contributed by atoms with Crippen LogP contribution in [0, 0.1) is 0 Å². The fraction of sp³-hybridized carbons (Fsp3) is 0.455. The van der Waals surface area contributed by atoms with Gasteiger partial charge in [0.05, 0.1) is 11.4 Å². The number of nitrogens with zero attached hydrogens (tertiary/aromatic N) is 1. The molecule has 1 heterocycles. The van der Waals surface area contributed by atoms with Crippen molar-refractivity contribution in [2.75, 3.05) is 23.8 Å². The summed E-state index contributed by atoms with van der Waals surface area (Å²) in [5.41, 5.74) is 2.53. The first-order valence-corrected chi connectivity index (χ1v) is 5.78. The minimum atomic E-state index is 0.615. The van der Waals surface area contributed by atoms with Gasteiger partial charge in [-0.05, 0) is 24.6 Å². The zero-order valence-electron chi connectivity index (χ0n) is 8.55. The average molecular weight is 255 g/mol. The van der Waals surface area contributed by atoms with Crippen molar-refractivity contribution in [3.05, 3.63) is 22.7 Å². The third-order valence-corrected chi connectivity index (χ3v) is 3.38. The maximum atomic E-state index is 3.48. The largest absolute Gasteiger partial charge is 0.381 e. The van der Waals surface area contributed by atoms with Crippen LogP contribution in [0.2, 0.25) is 0 Å². The predicted molar refractivity (Wildman–Crippen MR) is 65.1 cm³/mol. The molecule has 1 unspecified atom stereocenters. The molecule has 3 heteroatoms. The van der Waals surface area contributed by atoms with Crippen molar-refractivity contribution in [1.82, 2.24) is 0 Å². The standard InChI is InChI=1S/C11H15BrN2/c1-3-9-7-13-10-6-8(12)4-5-11(10)14(9)2/h4-6,9,13H,3,7H2,1-2H3. The lowest BCUT2D eigenvalue weighted by Crippen LogP contribution is -2.40. The molecule has 1 aromatic rings. The topological polar surface area (TPSA) is 15.3 Å². The summed E-state index contributed by atoms with van der Waals surface area (Å²) in [5.74, 6) is 0. The summed E-state index contributed by atoms with van der Waals surface area (Å²) in [7, 11) is 2.17. The molecule has 2 rings (SSSR count). The first-order chi connectivity index (χ1) is 6.72. The molecule has 1 aliphatic heterocycles. The Morgan fingerprint density at radius 3 is 3.07 bits per heavy atom. The van der Waals surface area contributed by atoms with Crippen molar-refractivity contribution >= 4 is 27.3 Å². The molecule has 14 heavy (non-hydrogen) atoms. The maximum Gasteiger partial charge on any atom is 0.0603 e. The molecule has 1 N–H and O–H groups in total. The number of rotatable bonds is 1. The van der Waals surface area contributed by atoms with Crippen molar-refractivity contribution < 1.29 is 0 Å². The van der Waals surface area contributed by atoms with Gasteiger partial charge in [-0.3, -0.25) is 0 Å². The van der Waals surface area contributed by atoms with Gasteiger partial charge in [-0.15, -0.1) is 0 Å². The number of likely N-dealkylation sites (N-methyl/N-ethyl adjacent to an activating group) is 1. The summed E-state index contributed by atoms with van der Waals surface area (Å²) in [4.78, 5) is 2.36. The minimum absolute atomic E-state index is 0.615. The Morgan fingerprint density at radius 1 is 1.57 bits per heavy atom. The third-order valence-electron chi connectivity index (χ3n) is 2.89. The smallest absolute Gasteiger partial charge is 0.0603 e. The van der Waals surface area contributed by atoms with E-state index in [2.05, 4.69) is 58.3 Å². The highest BCUT2D eigenvalue weighted by Gasteiger charge is 2.21. The normalized spacial score (nSPS) is 20.2. The molecule has 0 aromatic heterocycles. The maximum absolute atomic E-state index is 3.48. The van der Waals surface area contributed by atoms with E-state index in [0.29, 0.717) is 6.04 Å². The van der Waals surface area contributed by atoms with E-state index in [9.17, 15) is 0 Å². The molecule has 1 aliphatic rings. The number of anilines is 2. The summed E-state index contributed by atoms with van der Waals surface area (Å²) >= 11 is 3.48. The Bertz CT molecular complexity index is 338. The molecule has 2 nitrogen and oxygen atoms in total. The van der Waals surface area contributed by atoms with Crippen LogP contribution in [0.1, 0.15) is 13.3 Å². The van der Waals surface area contributed by atoms with Gasteiger partial charge < -0.3 is 10.2 Å². The second-order valence-corrected chi connectivity index (χ2v) is 4.63. The summed E-state index contributed by atoms with van der Waals surface area (Å²) < 4.78 is 1.13. The highest BCUT2D eigenvalue weighted by Crippen LogP contribution is 2.33. The lowest BCUT2D eigenvalue weighted by atomic mass is 10.1. The molecular weight excluding hydrogens is 240 g/mol. The lowest BCUT2D eigenvalue weighted by molar-refractivity contribution is 0.622. The summed E-state index contributed by atoms with van der Waals surface area (Å²) in [5, 5.41) is 3.46. The predicted octanol–water partition coefficient (Wildman–Crippen LogP) is 3.09. The summed E-state index contributed by atoms with van der Waals surface area (Å²) in [6.07, 6.45) is 1.18. The Morgan fingerprint density at radius 2 is 2.36 bits per heavy atom. The van der Waals surface area contributed by atoms with E-state index < -0.39 is 0 Å². The van der Waals surface area contributed by atoms with Gasteiger partial charge in [0.25, 0.3) is 0 Å². The number of nitrogens with one attached hydrogen (secondary N) is 1. The second-order valence-electron chi connectivity index (χ2n) is 3.72. The van der Waals surface area contributed by atoms with Gasteiger partial charge in [0.1, 0.15) is 0 Å². The highest BCUT2D eigenvalue weighted by atomic mass is 79.9. The van der Waals surface area contributed by atoms with Gasteiger partial charge in [-0.1, -0.05) is 22.9 Å². The molecule has 0 bridgehead atoms. The molecule has 1 atom stereocenters. The molecule has 0 aliphatic carbocycles. The van der Waals surface area contributed by atoms with Crippen molar-refractivity contribution in [1.29, 1.82) is 0 Å². The van der Waals surface area contributed by atoms with Crippen molar-refractivity contribution in [2.45, 2.75) is 19.4 Å². The lowest BCUT2D eigenvalue weighted by Gasteiger charge is -2.36. The van der Waals surface area contributed by atoms with Gasteiger partial charge in [-0.25, -0.2) is 0 Å². The van der Waals surface area contributed by atoms with Crippen molar-refractivity contribution in [3.8, 4) is 0 Å². The van der Waals surface area contributed by atoms with E-state index in [-0.39, 0.29) is 0 Å². The van der Waals surface area contributed by atoms with Crippen LogP contribution in [0.4, 0.5) is 11.4 Å². The number of benzene rings is 1. The van der Waals surface area contributed by atoms with Gasteiger partial charge in [0.15, 0.2) is 0 Å². The molecule has 0 spiro atoms. The molecule has 0 saturated heterocycles. The summed E-state index contributed by atoms with van der Waals surface area (Å²) in [6, 6.07) is 7.00. The van der Waals surface area contributed by atoms with Gasteiger partial charge >= 0.3 is 0 Å². The van der Waals surface area contributed by atoms with Crippen LogP contribution >= 0.6 is 15.9 Å². The zero-order valence-corrected chi connectivity index (χ0v) is 10.1. The zero-order chi connectivity index (χ0) is 10.1. The number of hydrogen-bond donors (Lipinski definition) is 1. The van der Waals surface area contributed by atoms with E-state index in [4.69, 9.17) is 0 Å². The monoisotopic (exact) mass is 254 g/mol. The molecular formula is C11H15BrN2. The first-order valence-electron chi connectivity index (χ1n) is 4.98. The fourth-order valence-electron chi connectivity index (χ4n) is 1.94. The van der Waals surface area contributed by atoms with E-state index >= 15 is 0 Å². The summed E-state index contributed by atoms with van der Waals surface area (Å²) in [6.45, 7) is 3.27. The number of hydrogen-bond acceptors (Lipinski definition) is 2. The van der Waals surface area contributed by atoms with E-state index in [1.54, 1.807) is 0 Å². The minimum Gasteiger partial charge on any atom is -0.381 e. The van der Waals surface area contributed by atoms with E-state index in [1.165, 1.54) is 17.8 Å². The van der Waals surface area contributed by atoms with Crippen LogP contribution in [0.3, 0.4) is 0 Å². The van der Waals surface area contributed by atoms with Gasteiger partial charge in [0, 0.05) is 24.1 Å². The van der Waals surface area contributed by atoms with Crippen molar-refractivity contribution in [3.63, 3.8) is 0 Å². The van der Waals surface area contributed by atoms with Crippen LogP contribution < -0.4 is 10.2 Å². The quantitative estimate of drug-likeness (QED) is 0.829. The number of halogens is 1. The average Bonchev–Trinajstić information content (AvgIpc) is 2.18. The molecule has 0 fully saturated rings. The van der Waals surface area contributed by atoms with Gasteiger partial charge in [-0.2, -0.15) is 0 Å². The highest BCUT2D eigenvalue weighted by molar-refractivity contribution is 9.10. The molecule has 0 saturated carbocycles. The van der Waals surface area contributed by atoms with Crippen LogP contribution in [0.15, 0.2) is 22.7 Å². The number of fused-ring (bicyclic) bond motifs is 1. The molecule has 0 amide bonds. The Balaban J connectivity index is 2.36. The van der Waals surface area contributed by atoms with Crippen molar-refractivity contribution in [2.24, 2.45) is 0 Å². The SMILES string of the molecule is CCC1CNc2cc(Br)ccc2N1C. The first kappa shape index (κ1) is 9.84. The Labute approximate surface area is 93.4 Å². The Kier molecular flexibility index (Phi) is 2.68. The van der Waals surface area contributed by atoms with Gasteiger partial charge in [0.2, 0.25) is 0 Å². The van der Waals surface area contributed by atoms with Crippen LogP contribution in [-0.4, -0.2) is 19.6 Å². The van der Waals surface area contributed by atoms with Crippen LogP contribution in [-0.2, 0) is 0 Å². The molecule has 1 aromatic carbocycles. The molecule has 76 valence electrons. The third kappa shape index (κ3) is 1.61. The Hall–Kier alpha value is -0.700. The van der Waals surface area contributed by atoms with Crippen LogP contribution in [0.25, 0.3) is 0 Å². The molecule has 0 radical (unpaired) electrons. The van der Waals surface area contributed by atoms with E-state index in [0.717, 1.165) is 11.0 Å². The second kappa shape index (κ2) is 3.81. The van der Waals surface area contributed by atoms with E-state index in [1.807, 2.05) is 0 Å². The van der Waals surface area contributed by atoms with Crippen LogP contribution in [0.5, 0.6) is 0 Å².